The van der Waals surface area contributed by atoms with Crippen molar-refractivity contribution in [3.8, 4) is 0 Å². The van der Waals surface area contributed by atoms with E-state index in [2.05, 4.69) is 73.7 Å². The molecule has 1 unspecified atom stereocenters. The summed E-state index contributed by atoms with van der Waals surface area (Å²) in [6.45, 7) is 14.0. The number of benzene rings is 1. The number of hydrogen-bond acceptors (Lipinski definition) is 5. The van der Waals surface area contributed by atoms with Gasteiger partial charge in [-0.05, 0) is 64.4 Å². The van der Waals surface area contributed by atoms with Gasteiger partial charge in [0.25, 0.3) is 0 Å². The van der Waals surface area contributed by atoms with Crippen molar-refractivity contribution < 1.29 is 0 Å². The highest BCUT2D eigenvalue weighted by molar-refractivity contribution is 7.13. The van der Waals surface area contributed by atoms with E-state index in [9.17, 15) is 0 Å². The molecule has 0 fully saturated rings. The fourth-order valence-corrected chi connectivity index (χ4v) is 3.51. The molecule has 1 aromatic heterocycles. The first-order valence-corrected chi connectivity index (χ1v) is 9.78. The standard InChI is InChI=1S/C19H30N4S/c1-6-11-20-15(5)18-13-24-19(22-18)21-17-10-9-16(12-14(17)4)23(7-2)8-3/h9-10,12-13,15,20H,6-8,11H2,1-5H3,(H,21,22). The van der Waals surface area contributed by atoms with Crippen LogP contribution >= 0.6 is 11.3 Å². The van der Waals surface area contributed by atoms with Crippen LogP contribution in [0.25, 0.3) is 0 Å². The number of rotatable bonds is 9. The van der Waals surface area contributed by atoms with Gasteiger partial charge < -0.3 is 15.5 Å². The minimum atomic E-state index is 0.294. The van der Waals surface area contributed by atoms with Gasteiger partial charge in [-0.3, -0.25) is 0 Å². The Labute approximate surface area is 150 Å². The van der Waals surface area contributed by atoms with Crippen LogP contribution in [0.2, 0.25) is 0 Å². The van der Waals surface area contributed by atoms with Crippen LogP contribution < -0.4 is 15.5 Å². The Kier molecular flexibility index (Phi) is 7.06. The zero-order chi connectivity index (χ0) is 17.5. The Morgan fingerprint density at radius 1 is 1.21 bits per heavy atom. The number of nitrogens with one attached hydrogen (secondary N) is 2. The summed E-state index contributed by atoms with van der Waals surface area (Å²) in [5.74, 6) is 0. The molecule has 1 aromatic carbocycles. The number of hydrogen-bond donors (Lipinski definition) is 2. The largest absolute Gasteiger partial charge is 0.372 e. The van der Waals surface area contributed by atoms with Crippen molar-refractivity contribution in [1.29, 1.82) is 0 Å². The van der Waals surface area contributed by atoms with E-state index in [4.69, 9.17) is 4.98 Å². The molecule has 0 spiro atoms. The maximum Gasteiger partial charge on any atom is 0.187 e. The molecule has 4 nitrogen and oxygen atoms in total. The van der Waals surface area contributed by atoms with Crippen LogP contribution in [0.4, 0.5) is 16.5 Å². The first kappa shape index (κ1) is 18.7. The molecule has 0 bridgehead atoms. The SMILES string of the molecule is CCCNC(C)c1csc(Nc2ccc(N(CC)CC)cc2C)n1. The third-order valence-electron chi connectivity index (χ3n) is 4.25. The second-order valence-electron chi connectivity index (χ2n) is 6.05. The van der Waals surface area contributed by atoms with Gasteiger partial charge in [-0.1, -0.05) is 6.92 Å². The van der Waals surface area contributed by atoms with E-state index in [1.807, 2.05) is 0 Å². The van der Waals surface area contributed by atoms with Crippen molar-refractivity contribution in [2.24, 2.45) is 0 Å². The highest BCUT2D eigenvalue weighted by Crippen LogP contribution is 2.28. The topological polar surface area (TPSA) is 40.2 Å². The van der Waals surface area contributed by atoms with E-state index in [1.165, 1.54) is 11.3 Å². The van der Waals surface area contributed by atoms with Crippen molar-refractivity contribution in [2.45, 2.75) is 47.1 Å². The number of anilines is 3. The second kappa shape index (κ2) is 9.04. The first-order chi connectivity index (χ1) is 11.6. The monoisotopic (exact) mass is 346 g/mol. The van der Waals surface area contributed by atoms with Crippen LogP contribution in [0.5, 0.6) is 0 Å². The Bertz CT molecular complexity index is 634. The number of aryl methyl sites for hydroxylation is 1. The van der Waals surface area contributed by atoms with Gasteiger partial charge in [-0.2, -0.15) is 0 Å². The van der Waals surface area contributed by atoms with Crippen LogP contribution in [0, 0.1) is 6.92 Å². The highest BCUT2D eigenvalue weighted by atomic mass is 32.1. The van der Waals surface area contributed by atoms with E-state index >= 15 is 0 Å². The minimum Gasteiger partial charge on any atom is -0.372 e. The van der Waals surface area contributed by atoms with Crippen LogP contribution in [0.1, 0.15) is 51.4 Å². The molecular weight excluding hydrogens is 316 g/mol. The summed E-state index contributed by atoms with van der Waals surface area (Å²) in [6, 6.07) is 6.88. The molecule has 1 heterocycles. The van der Waals surface area contributed by atoms with Gasteiger partial charge in [-0.15, -0.1) is 11.3 Å². The van der Waals surface area contributed by atoms with Crippen LogP contribution in [0.15, 0.2) is 23.6 Å². The molecule has 0 amide bonds. The molecule has 2 rings (SSSR count). The molecule has 0 saturated carbocycles. The lowest BCUT2D eigenvalue weighted by Gasteiger charge is -2.22. The predicted molar refractivity (Wildman–Crippen MR) is 107 cm³/mol. The molecule has 1 atom stereocenters. The summed E-state index contributed by atoms with van der Waals surface area (Å²) in [4.78, 5) is 7.08. The lowest BCUT2D eigenvalue weighted by molar-refractivity contribution is 0.561. The van der Waals surface area contributed by atoms with Crippen LogP contribution in [0.3, 0.4) is 0 Å². The molecule has 2 N–H and O–H groups in total. The molecule has 132 valence electrons. The fraction of sp³-hybridized carbons (Fsp3) is 0.526. The van der Waals surface area contributed by atoms with Gasteiger partial charge >= 0.3 is 0 Å². The molecule has 5 heteroatoms. The van der Waals surface area contributed by atoms with Gasteiger partial charge in [-0.25, -0.2) is 4.98 Å². The third-order valence-corrected chi connectivity index (χ3v) is 5.02. The molecule has 0 aliphatic rings. The Balaban J connectivity index is 2.07. The fourth-order valence-electron chi connectivity index (χ4n) is 2.70. The molecule has 0 aliphatic carbocycles. The van der Waals surface area contributed by atoms with E-state index in [-0.39, 0.29) is 0 Å². The number of thiazole rings is 1. The molecular formula is C19H30N4S. The molecule has 0 aliphatic heterocycles. The van der Waals surface area contributed by atoms with E-state index in [1.54, 1.807) is 11.3 Å². The molecule has 2 aromatic rings. The zero-order valence-electron chi connectivity index (χ0n) is 15.5. The first-order valence-electron chi connectivity index (χ1n) is 8.90. The predicted octanol–water partition coefficient (Wildman–Crippen LogP) is 5.10. The maximum atomic E-state index is 4.72. The minimum absolute atomic E-state index is 0.294. The molecule has 24 heavy (non-hydrogen) atoms. The summed E-state index contributed by atoms with van der Waals surface area (Å²) < 4.78 is 0. The van der Waals surface area contributed by atoms with E-state index in [0.29, 0.717) is 6.04 Å². The van der Waals surface area contributed by atoms with Crippen LogP contribution in [-0.4, -0.2) is 24.6 Å². The normalized spacial score (nSPS) is 12.2. The van der Waals surface area contributed by atoms with Gasteiger partial charge in [0.15, 0.2) is 5.13 Å². The molecule has 0 radical (unpaired) electrons. The number of nitrogens with zero attached hydrogens (tertiary/aromatic N) is 2. The molecule has 0 saturated heterocycles. The summed E-state index contributed by atoms with van der Waals surface area (Å²) in [5, 5.41) is 10.0. The Morgan fingerprint density at radius 2 is 1.96 bits per heavy atom. The highest BCUT2D eigenvalue weighted by Gasteiger charge is 2.11. The van der Waals surface area contributed by atoms with E-state index < -0.39 is 0 Å². The zero-order valence-corrected chi connectivity index (χ0v) is 16.3. The lowest BCUT2D eigenvalue weighted by Crippen LogP contribution is -2.21. The second-order valence-corrected chi connectivity index (χ2v) is 6.91. The van der Waals surface area contributed by atoms with Crippen molar-refractivity contribution in [3.05, 3.63) is 34.8 Å². The van der Waals surface area contributed by atoms with Gasteiger partial charge in [0.1, 0.15) is 0 Å². The van der Waals surface area contributed by atoms with Crippen molar-refractivity contribution >= 4 is 27.8 Å². The number of aromatic nitrogens is 1. The van der Waals surface area contributed by atoms with Crippen molar-refractivity contribution in [1.82, 2.24) is 10.3 Å². The quantitative estimate of drug-likeness (QED) is 0.662. The summed E-state index contributed by atoms with van der Waals surface area (Å²) in [6.07, 6.45) is 1.14. The Morgan fingerprint density at radius 3 is 2.58 bits per heavy atom. The van der Waals surface area contributed by atoms with Gasteiger partial charge in [0.05, 0.1) is 5.69 Å². The van der Waals surface area contributed by atoms with Gasteiger partial charge in [0.2, 0.25) is 0 Å². The average molecular weight is 347 g/mol. The van der Waals surface area contributed by atoms with Crippen molar-refractivity contribution in [2.75, 3.05) is 29.9 Å². The van der Waals surface area contributed by atoms with Crippen molar-refractivity contribution in [3.63, 3.8) is 0 Å². The smallest absolute Gasteiger partial charge is 0.187 e. The summed E-state index contributed by atoms with van der Waals surface area (Å²) >= 11 is 1.66. The average Bonchev–Trinajstić information content (AvgIpc) is 3.05. The summed E-state index contributed by atoms with van der Waals surface area (Å²) in [5.41, 5.74) is 4.75. The van der Waals surface area contributed by atoms with Gasteiger partial charge in [0, 0.05) is 35.9 Å². The third kappa shape index (κ3) is 4.71. The Hall–Kier alpha value is -1.59. The lowest BCUT2D eigenvalue weighted by atomic mass is 10.1. The van der Waals surface area contributed by atoms with E-state index in [0.717, 1.165) is 42.6 Å². The summed E-state index contributed by atoms with van der Waals surface area (Å²) in [7, 11) is 0. The van der Waals surface area contributed by atoms with Crippen LogP contribution in [-0.2, 0) is 0 Å². The maximum absolute atomic E-state index is 4.72.